The molecule has 1 aliphatic heterocycles. The highest BCUT2D eigenvalue weighted by Crippen LogP contribution is 2.38. The van der Waals surface area contributed by atoms with Gasteiger partial charge in [-0.15, -0.1) is 0 Å². The van der Waals surface area contributed by atoms with Crippen molar-refractivity contribution in [1.29, 1.82) is 0 Å². The number of benzene rings is 1. The minimum Gasteiger partial charge on any atom is -0.361 e. The first kappa shape index (κ1) is 11.9. The number of hydrogen-bond acceptors (Lipinski definition) is 4. The first-order valence-electron chi connectivity index (χ1n) is 6.09. The molecule has 2 heterocycles. The fraction of sp³-hybridized carbons (Fsp3) is 0.286. The van der Waals surface area contributed by atoms with Crippen molar-refractivity contribution in [3.63, 3.8) is 0 Å². The minimum atomic E-state index is -0.996. The average Bonchev–Trinajstić information content (AvgIpc) is 2.79. The number of carbonyl (C=O) groups is 1. The molecule has 0 aliphatic carbocycles. The van der Waals surface area contributed by atoms with Crippen LogP contribution in [0.1, 0.15) is 23.9 Å². The van der Waals surface area contributed by atoms with E-state index in [0.717, 1.165) is 33.8 Å². The van der Waals surface area contributed by atoms with Crippen LogP contribution in [0.25, 0.3) is 11.1 Å². The lowest BCUT2D eigenvalue weighted by atomic mass is 9.91. The molecule has 0 fully saturated rings. The largest absolute Gasteiger partial charge is 0.361 e. The number of aromatic nitrogens is 1. The van der Waals surface area contributed by atoms with Crippen LogP contribution in [0.5, 0.6) is 0 Å². The van der Waals surface area contributed by atoms with Crippen molar-refractivity contribution in [2.75, 3.05) is 5.32 Å². The maximum absolute atomic E-state index is 11.8. The van der Waals surface area contributed by atoms with E-state index >= 15 is 0 Å². The van der Waals surface area contributed by atoms with Gasteiger partial charge in [-0.05, 0) is 38.5 Å². The molecule has 98 valence electrons. The van der Waals surface area contributed by atoms with E-state index < -0.39 is 5.54 Å². The highest BCUT2D eigenvalue weighted by molar-refractivity contribution is 6.05. The van der Waals surface area contributed by atoms with Crippen LogP contribution in [0.15, 0.2) is 22.7 Å². The van der Waals surface area contributed by atoms with E-state index in [1.54, 1.807) is 6.92 Å². The maximum Gasteiger partial charge on any atom is 0.248 e. The monoisotopic (exact) mass is 257 g/mol. The first-order valence-corrected chi connectivity index (χ1v) is 6.09. The molecule has 0 saturated heterocycles. The molecule has 19 heavy (non-hydrogen) atoms. The van der Waals surface area contributed by atoms with Crippen LogP contribution in [0.2, 0.25) is 0 Å². The number of nitrogens with one attached hydrogen (secondary N) is 1. The maximum atomic E-state index is 11.8. The van der Waals surface area contributed by atoms with Crippen molar-refractivity contribution in [2.45, 2.75) is 26.3 Å². The predicted molar refractivity (Wildman–Crippen MR) is 71.6 cm³/mol. The Morgan fingerprint density at radius 1 is 1.37 bits per heavy atom. The van der Waals surface area contributed by atoms with Crippen LogP contribution in [0, 0.1) is 13.8 Å². The van der Waals surface area contributed by atoms with Gasteiger partial charge in [0.2, 0.25) is 5.91 Å². The van der Waals surface area contributed by atoms with Crippen molar-refractivity contribution < 1.29 is 9.32 Å². The van der Waals surface area contributed by atoms with Crippen LogP contribution in [-0.2, 0) is 10.3 Å². The van der Waals surface area contributed by atoms with Gasteiger partial charge in [-0.1, -0.05) is 11.2 Å². The van der Waals surface area contributed by atoms with Crippen LogP contribution < -0.4 is 11.1 Å². The smallest absolute Gasteiger partial charge is 0.248 e. The van der Waals surface area contributed by atoms with E-state index in [4.69, 9.17) is 10.3 Å². The molecule has 1 amide bonds. The number of amides is 1. The highest BCUT2D eigenvalue weighted by Gasteiger charge is 2.39. The summed E-state index contributed by atoms with van der Waals surface area (Å²) < 4.78 is 5.18. The van der Waals surface area contributed by atoms with E-state index in [1.807, 2.05) is 32.0 Å². The van der Waals surface area contributed by atoms with E-state index in [-0.39, 0.29) is 5.91 Å². The molecule has 3 N–H and O–H groups in total. The second kappa shape index (κ2) is 3.68. The van der Waals surface area contributed by atoms with Crippen molar-refractivity contribution in [1.82, 2.24) is 5.16 Å². The summed E-state index contributed by atoms with van der Waals surface area (Å²) in [5.41, 5.74) is 9.40. The van der Waals surface area contributed by atoms with Crippen molar-refractivity contribution in [3.05, 3.63) is 35.2 Å². The molecule has 1 unspecified atom stereocenters. The zero-order valence-electron chi connectivity index (χ0n) is 11.1. The predicted octanol–water partition coefficient (Wildman–Crippen LogP) is 2.08. The van der Waals surface area contributed by atoms with Gasteiger partial charge in [-0.2, -0.15) is 0 Å². The molecule has 1 aliphatic rings. The van der Waals surface area contributed by atoms with Gasteiger partial charge in [-0.3, -0.25) is 4.79 Å². The number of carbonyl (C=O) groups excluding carboxylic acids is 1. The van der Waals surface area contributed by atoms with Crippen LogP contribution in [0.4, 0.5) is 5.69 Å². The minimum absolute atomic E-state index is 0.182. The lowest BCUT2D eigenvalue weighted by Gasteiger charge is -2.15. The molecule has 0 saturated carbocycles. The number of aryl methyl sites for hydroxylation is 2. The molecule has 5 heteroatoms. The Hall–Kier alpha value is -2.14. The van der Waals surface area contributed by atoms with Gasteiger partial charge in [0, 0.05) is 16.8 Å². The third-order valence-corrected chi connectivity index (χ3v) is 3.62. The number of fused-ring (bicyclic) bond motifs is 1. The zero-order chi connectivity index (χ0) is 13.8. The summed E-state index contributed by atoms with van der Waals surface area (Å²) >= 11 is 0. The van der Waals surface area contributed by atoms with E-state index in [0.29, 0.717) is 0 Å². The number of hydrogen-bond donors (Lipinski definition) is 2. The van der Waals surface area contributed by atoms with Gasteiger partial charge in [0.05, 0.1) is 5.69 Å². The van der Waals surface area contributed by atoms with Gasteiger partial charge in [-0.25, -0.2) is 0 Å². The van der Waals surface area contributed by atoms with Gasteiger partial charge < -0.3 is 15.6 Å². The van der Waals surface area contributed by atoms with Crippen molar-refractivity contribution >= 4 is 11.6 Å². The molecule has 0 bridgehead atoms. The first-order chi connectivity index (χ1) is 8.91. The fourth-order valence-electron chi connectivity index (χ4n) is 2.51. The lowest BCUT2D eigenvalue weighted by Crippen LogP contribution is -2.40. The van der Waals surface area contributed by atoms with E-state index in [2.05, 4.69) is 10.5 Å². The standard InChI is InChI=1S/C14H15N3O2/c1-7-12(8(2)19-17-7)9-4-5-11-10(6-9)14(3,15)13(18)16-11/h4-6H,15H2,1-3H3,(H,16,18). The molecule has 2 aromatic rings. The van der Waals surface area contributed by atoms with E-state index in [9.17, 15) is 4.79 Å². The second-order valence-electron chi connectivity index (χ2n) is 5.12. The van der Waals surface area contributed by atoms with E-state index in [1.165, 1.54) is 0 Å². The Bertz CT molecular complexity index is 666. The highest BCUT2D eigenvalue weighted by atomic mass is 16.5. The second-order valence-corrected chi connectivity index (χ2v) is 5.12. The molecule has 1 atom stereocenters. The number of nitrogens with two attached hydrogens (primary N) is 1. The van der Waals surface area contributed by atoms with Crippen LogP contribution >= 0.6 is 0 Å². The number of anilines is 1. The fourth-order valence-corrected chi connectivity index (χ4v) is 2.51. The normalized spacial score (nSPS) is 21.4. The third kappa shape index (κ3) is 1.58. The number of rotatable bonds is 1. The van der Waals surface area contributed by atoms with Crippen molar-refractivity contribution in [3.8, 4) is 11.1 Å². The summed E-state index contributed by atoms with van der Waals surface area (Å²) in [5.74, 6) is 0.576. The van der Waals surface area contributed by atoms with Crippen LogP contribution in [-0.4, -0.2) is 11.1 Å². The quantitative estimate of drug-likeness (QED) is 0.819. The Morgan fingerprint density at radius 3 is 2.74 bits per heavy atom. The van der Waals surface area contributed by atoms with Crippen LogP contribution in [0.3, 0.4) is 0 Å². The lowest BCUT2D eigenvalue weighted by molar-refractivity contribution is -0.120. The molecule has 5 nitrogen and oxygen atoms in total. The Kier molecular flexibility index (Phi) is 2.31. The summed E-state index contributed by atoms with van der Waals surface area (Å²) in [4.78, 5) is 11.8. The van der Waals surface area contributed by atoms with Gasteiger partial charge >= 0.3 is 0 Å². The number of nitrogens with zero attached hydrogens (tertiary/aromatic N) is 1. The summed E-state index contributed by atoms with van der Waals surface area (Å²) in [5, 5.41) is 6.73. The molecule has 1 aromatic carbocycles. The molecule has 0 spiro atoms. The average molecular weight is 257 g/mol. The molecule has 0 radical (unpaired) electrons. The zero-order valence-corrected chi connectivity index (χ0v) is 11.1. The Labute approximate surface area is 110 Å². The topological polar surface area (TPSA) is 81.2 Å². The molecule has 3 rings (SSSR count). The SMILES string of the molecule is Cc1noc(C)c1-c1ccc2c(c1)C(C)(N)C(=O)N2. The summed E-state index contributed by atoms with van der Waals surface area (Å²) in [6, 6.07) is 5.74. The van der Waals surface area contributed by atoms with Gasteiger partial charge in [0.15, 0.2) is 0 Å². The third-order valence-electron chi connectivity index (χ3n) is 3.62. The molecular formula is C14H15N3O2. The van der Waals surface area contributed by atoms with Crippen molar-refractivity contribution in [2.24, 2.45) is 5.73 Å². The Balaban J connectivity index is 2.19. The molecule has 1 aromatic heterocycles. The Morgan fingerprint density at radius 2 is 2.11 bits per heavy atom. The summed E-state index contributed by atoms with van der Waals surface area (Å²) in [7, 11) is 0. The van der Waals surface area contributed by atoms with Gasteiger partial charge in [0.25, 0.3) is 0 Å². The summed E-state index contributed by atoms with van der Waals surface area (Å²) in [6.07, 6.45) is 0. The van der Waals surface area contributed by atoms with Gasteiger partial charge in [0.1, 0.15) is 11.3 Å². The molecular weight excluding hydrogens is 242 g/mol. The summed E-state index contributed by atoms with van der Waals surface area (Å²) in [6.45, 7) is 5.48.